The van der Waals surface area contributed by atoms with Gasteiger partial charge in [0.05, 0.1) is 23.2 Å². The fourth-order valence-electron chi connectivity index (χ4n) is 2.76. The molecule has 9 heteroatoms. The molecule has 2 heterocycles. The summed E-state index contributed by atoms with van der Waals surface area (Å²) in [4.78, 5) is 18.1. The van der Waals surface area contributed by atoms with Crippen molar-refractivity contribution in [3.8, 4) is 11.3 Å². The van der Waals surface area contributed by atoms with E-state index in [9.17, 15) is 13.2 Å². The van der Waals surface area contributed by atoms with Crippen LogP contribution < -0.4 is 10.0 Å². The van der Waals surface area contributed by atoms with Gasteiger partial charge in [0.2, 0.25) is 10.0 Å². The number of hydrogen-bond acceptors (Lipinski definition) is 5. The standard InChI is InChI=1S/C19H16N4O3S2/c1-28(25,26)22-16-5-3-2-4-15(16)18(24)20-14-8-6-13(7-9-14)17-12-23-10-11-27-19(23)21-17/h2-12,22H,1H3,(H,20,24). The Kier molecular flexibility index (Phi) is 4.62. The van der Waals surface area contributed by atoms with Crippen LogP contribution in [0, 0.1) is 0 Å². The average Bonchev–Trinajstić information content (AvgIpc) is 3.23. The fourth-order valence-corrected chi connectivity index (χ4v) is 4.04. The van der Waals surface area contributed by atoms with Gasteiger partial charge in [0.1, 0.15) is 0 Å². The number of carbonyl (C=O) groups is 1. The molecule has 0 atom stereocenters. The largest absolute Gasteiger partial charge is 0.322 e. The summed E-state index contributed by atoms with van der Waals surface area (Å²) in [5.41, 5.74) is 2.87. The van der Waals surface area contributed by atoms with Crippen molar-refractivity contribution >= 4 is 43.6 Å². The van der Waals surface area contributed by atoms with Gasteiger partial charge in [0.15, 0.2) is 4.96 Å². The summed E-state index contributed by atoms with van der Waals surface area (Å²) in [5, 5.41) is 4.76. The molecule has 142 valence electrons. The van der Waals surface area contributed by atoms with Gasteiger partial charge in [-0.2, -0.15) is 0 Å². The highest BCUT2D eigenvalue weighted by molar-refractivity contribution is 7.92. The Morgan fingerprint density at radius 3 is 2.57 bits per heavy atom. The van der Waals surface area contributed by atoms with Gasteiger partial charge in [0.25, 0.3) is 5.91 Å². The molecular formula is C19H16N4O3S2. The number of thiazole rings is 1. The van der Waals surface area contributed by atoms with E-state index in [1.54, 1.807) is 47.7 Å². The van der Waals surface area contributed by atoms with Crippen LogP contribution in [0.15, 0.2) is 66.3 Å². The lowest BCUT2D eigenvalue weighted by Crippen LogP contribution is -2.17. The van der Waals surface area contributed by atoms with Crippen LogP contribution in [0.5, 0.6) is 0 Å². The Morgan fingerprint density at radius 2 is 1.86 bits per heavy atom. The molecule has 2 N–H and O–H groups in total. The fraction of sp³-hybridized carbons (Fsp3) is 0.0526. The number of fused-ring (bicyclic) bond motifs is 1. The van der Waals surface area contributed by atoms with Crippen LogP contribution in [0.2, 0.25) is 0 Å². The second kappa shape index (κ2) is 7.10. The molecule has 28 heavy (non-hydrogen) atoms. The molecule has 7 nitrogen and oxygen atoms in total. The summed E-state index contributed by atoms with van der Waals surface area (Å²) in [6, 6.07) is 13.8. The van der Waals surface area contributed by atoms with Gasteiger partial charge in [-0.1, -0.05) is 24.3 Å². The molecule has 0 aliphatic carbocycles. The van der Waals surface area contributed by atoms with E-state index in [1.165, 1.54) is 0 Å². The number of anilines is 2. The first-order valence-electron chi connectivity index (χ1n) is 8.30. The maximum Gasteiger partial charge on any atom is 0.257 e. The normalized spacial score (nSPS) is 11.5. The number of para-hydroxylation sites is 1. The van der Waals surface area contributed by atoms with Crippen LogP contribution in [-0.2, 0) is 10.0 Å². The number of benzene rings is 2. The highest BCUT2D eigenvalue weighted by Crippen LogP contribution is 2.24. The van der Waals surface area contributed by atoms with Crippen LogP contribution in [0.25, 0.3) is 16.2 Å². The molecule has 2 aromatic heterocycles. The van der Waals surface area contributed by atoms with Gasteiger partial charge in [-0.15, -0.1) is 11.3 Å². The van der Waals surface area contributed by atoms with Crippen LogP contribution in [0.3, 0.4) is 0 Å². The minimum Gasteiger partial charge on any atom is -0.322 e. The molecule has 0 saturated heterocycles. The van der Waals surface area contributed by atoms with E-state index in [2.05, 4.69) is 15.0 Å². The van der Waals surface area contributed by atoms with Crippen molar-refractivity contribution in [1.82, 2.24) is 9.38 Å². The van der Waals surface area contributed by atoms with E-state index in [0.29, 0.717) is 5.69 Å². The Morgan fingerprint density at radius 1 is 1.11 bits per heavy atom. The molecule has 0 aliphatic rings. The number of nitrogens with one attached hydrogen (secondary N) is 2. The van der Waals surface area contributed by atoms with Gasteiger partial charge in [-0.05, 0) is 24.3 Å². The monoisotopic (exact) mass is 412 g/mol. The van der Waals surface area contributed by atoms with E-state index in [-0.39, 0.29) is 11.3 Å². The van der Waals surface area contributed by atoms with E-state index in [1.807, 2.05) is 34.3 Å². The predicted molar refractivity (Wildman–Crippen MR) is 111 cm³/mol. The van der Waals surface area contributed by atoms with E-state index < -0.39 is 15.9 Å². The summed E-state index contributed by atoms with van der Waals surface area (Å²) in [6.07, 6.45) is 4.94. The maximum atomic E-state index is 12.6. The van der Waals surface area contributed by atoms with Gasteiger partial charge in [-0.3, -0.25) is 13.9 Å². The van der Waals surface area contributed by atoms with Gasteiger partial charge >= 0.3 is 0 Å². The first-order chi connectivity index (χ1) is 13.4. The zero-order valence-electron chi connectivity index (χ0n) is 14.8. The lowest BCUT2D eigenvalue weighted by Gasteiger charge is -2.11. The second-order valence-electron chi connectivity index (χ2n) is 6.17. The van der Waals surface area contributed by atoms with Crippen molar-refractivity contribution in [2.45, 2.75) is 0 Å². The number of aromatic nitrogens is 2. The average molecular weight is 412 g/mol. The van der Waals surface area contributed by atoms with Gasteiger partial charge < -0.3 is 5.32 Å². The number of carbonyl (C=O) groups excluding carboxylic acids is 1. The zero-order valence-corrected chi connectivity index (χ0v) is 16.4. The molecule has 0 fully saturated rings. The van der Waals surface area contributed by atoms with E-state index in [4.69, 9.17) is 0 Å². The highest BCUT2D eigenvalue weighted by atomic mass is 32.2. The van der Waals surface area contributed by atoms with Crippen LogP contribution in [0.4, 0.5) is 11.4 Å². The predicted octanol–water partition coefficient (Wildman–Crippen LogP) is 3.69. The van der Waals surface area contributed by atoms with Crippen molar-refractivity contribution in [3.63, 3.8) is 0 Å². The molecule has 0 spiro atoms. The molecule has 0 bridgehead atoms. The summed E-state index contributed by atoms with van der Waals surface area (Å²) >= 11 is 1.56. The summed E-state index contributed by atoms with van der Waals surface area (Å²) in [6.45, 7) is 0. The minimum absolute atomic E-state index is 0.234. The van der Waals surface area contributed by atoms with Crippen molar-refractivity contribution in [2.75, 3.05) is 16.3 Å². The van der Waals surface area contributed by atoms with Crippen molar-refractivity contribution in [3.05, 3.63) is 71.9 Å². The molecule has 4 aromatic rings. The number of sulfonamides is 1. The lowest BCUT2D eigenvalue weighted by atomic mass is 10.1. The second-order valence-corrected chi connectivity index (χ2v) is 8.79. The van der Waals surface area contributed by atoms with Gasteiger partial charge in [-0.25, -0.2) is 13.4 Å². The first kappa shape index (κ1) is 18.2. The molecule has 0 radical (unpaired) electrons. The Bertz CT molecular complexity index is 1230. The molecule has 0 saturated carbocycles. The summed E-state index contributed by atoms with van der Waals surface area (Å²) in [7, 11) is -3.49. The number of amides is 1. The third kappa shape index (κ3) is 3.90. The molecule has 0 unspecified atom stereocenters. The van der Waals surface area contributed by atoms with Crippen LogP contribution in [0.1, 0.15) is 10.4 Å². The number of imidazole rings is 1. The Hall–Kier alpha value is -3.17. The quantitative estimate of drug-likeness (QED) is 0.523. The molecule has 4 rings (SSSR count). The van der Waals surface area contributed by atoms with Gasteiger partial charge in [0, 0.05) is 29.0 Å². The van der Waals surface area contributed by atoms with E-state index in [0.717, 1.165) is 22.5 Å². The first-order valence-corrected chi connectivity index (χ1v) is 11.1. The smallest absolute Gasteiger partial charge is 0.257 e. The highest BCUT2D eigenvalue weighted by Gasteiger charge is 2.14. The maximum absolute atomic E-state index is 12.6. The molecular weight excluding hydrogens is 396 g/mol. The lowest BCUT2D eigenvalue weighted by molar-refractivity contribution is 0.102. The van der Waals surface area contributed by atoms with Crippen molar-refractivity contribution in [1.29, 1.82) is 0 Å². The minimum atomic E-state index is -3.49. The summed E-state index contributed by atoms with van der Waals surface area (Å²) in [5.74, 6) is -0.401. The SMILES string of the molecule is CS(=O)(=O)Nc1ccccc1C(=O)Nc1ccc(-c2cn3ccsc3n2)cc1. The number of rotatable bonds is 5. The Labute approximate surface area is 165 Å². The molecule has 0 aliphatic heterocycles. The van der Waals surface area contributed by atoms with Crippen molar-refractivity contribution < 1.29 is 13.2 Å². The zero-order chi connectivity index (χ0) is 19.7. The number of hydrogen-bond donors (Lipinski definition) is 2. The molecule has 1 amide bonds. The van der Waals surface area contributed by atoms with Crippen LogP contribution in [-0.4, -0.2) is 30.0 Å². The van der Waals surface area contributed by atoms with E-state index >= 15 is 0 Å². The topological polar surface area (TPSA) is 92.6 Å². The third-order valence-corrected chi connectivity index (χ3v) is 5.36. The van der Waals surface area contributed by atoms with Crippen LogP contribution >= 0.6 is 11.3 Å². The third-order valence-electron chi connectivity index (χ3n) is 4.00. The molecule has 2 aromatic carbocycles. The Balaban J connectivity index is 1.53. The number of nitrogens with zero attached hydrogens (tertiary/aromatic N) is 2. The summed E-state index contributed by atoms with van der Waals surface area (Å²) < 4.78 is 27.3. The van der Waals surface area contributed by atoms with Crippen molar-refractivity contribution in [2.24, 2.45) is 0 Å².